The third kappa shape index (κ3) is 7.42. The summed E-state index contributed by atoms with van der Waals surface area (Å²) >= 11 is 0. The number of hydrogen-bond acceptors (Lipinski definition) is 2. The molecule has 0 spiro atoms. The molecule has 2 heteroatoms. The number of carbonyl (C=O) groups excluding carboxylic acids is 1. The zero-order valence-corrected chi connectivity index (χ0v) is 13.6. The Morgan fingerprint density at radius 3 is 2.10 bits per heavy atom. The van der Waals surface area contributed by atoms with Crippen LogP contribution >= 0.6 is 0 Å². The summed E-state index contributed by atoms with van der Waals surface area (Å²) in [5, 5.41) is 0. The zero-order chi connectivity index (χ0) is 15.3. The fourth-order valence-electron chi connectivity index (χ4n) is 2.65. The summed E-state index contributed by atoms with van der Waals surface area (Å²) in [7, 11) is 1.61. The van der Waals surface area contributed by atoms with Gasteiger partial charge in [-0.05, 0) is 12.0 Å². The first-order chi connectivity index (χ1) is 10.3. The van der Waals surface area contributed by atoms with Crippen molar-refractivity contribution < 1.29 is 9.53 Å². The Morgan fingerprint density at radius 1 is 0.952 bits per heavy atom. The highest BCUT2D eigenvalue weighted by atomic mass is 16.5. The molecule has 118 valence electrons. The molecule has 0 aromatic heterocycles. The topological polar surface area (TPSA) is 26.3 Å². The number of benzene rings is 1. The number of ether oxygens (including phenoxy) is 1. The molecule has 1 unspecified atom stereocenters. The highest BCUT2D eigenvalue weighted by molar-refractivity contribution is 5.84. The largest absolute Gasteiger partial charge is 0.369 e. The lowest BCUT2D eigenvalue weighted by Gasteiger charge is -2.14. The molecule has 0 amide bonds. The minimum atomic E-state index is -0.393. The Balaban J connectivity index is 2.17. The Kier molecular flexibility index (Phi) is 9.81. The molecule has 1 atom stereocenters. The molecule has 0 aliphatic rings. The number of hydrogen-bond donors (Lipinski definition) is 0. The Bertz CT molecular complexity index is 372. The number of ketones is 1. The van der Waals surface area contributed by atoms with Crippen molar-refractivity contribution in [3.63, 3.8) is 0 Å². The van der Waals surface area contributed by atoms with E-state index in [1.54, 1.807) is 7.11 Å². The van der Waals surface area contributed by atoms with Gasteiger partial charge in [0.1, 0.15) is 6.10 Å². The van der Waals surface area contributed by atoms with Crippen molar-refractivity contribution in [3.8, 4) is 0 Å². The van der Waals surface area contributed by atoms with E-state index in [4.69, 9.17) is 4.74 Å². The van der Waals surface area contributed by atoms with Crippen LogP contribution in [-0.4, -0.2) is 12.9 Å². The van der Waals surface area contributed by atoms with Crippen LogP contribution in [0.3, 0.4) is 0 Å². The molecule has 0 N–H and O–H groups in total. The molecule has 0 fully saturated rings. The van der Waals surface area contributed by atoms with E-state index < -0.39 is 6.10 Å². The van der Waals surface area contributed by atoms with Crippen molar-refractivity contribution in [1.82, 2.24) is 0 Å². The predicted molar refractivity (Wildman–Crippen MR) is 88.4 cm³/mol. The van der Waals surface area contributed by atoms with E-state index in [0.29, 0.717) is 6.42 Å². The van der Waals surface area contributed by atoms with Gasteiger partial charge in [0, 0.05) is 13.5 Å². The summed E-state index contributed by atoms with van der Waals surface area (Å²) in [6, 6.07) is 9.77. The van der Waals surface area contributed by atoms with Crippen molar-refractivity contribution >= 4 is 5.78 Å². The van der Waals surface area contributed by atoms with E-state index in [1.807, 2.05) is 30.3 Å². The zero-order valence-electron chi connectivity index (χ0n) is 13.6. The molecular weight excluding hydrogens is 260 g/mol. The standard InChI is InChI=1S/C19H30O2/c1-3-4-5-6-7-8-9-13-16-18(20)19(21-2)17-14-11-10-12-15-17/h10-12,14-15,19H,3-9,13,16H2,1-2H3. The average molecular weight is 290 g/mol. The molecule has 0 saturated carbocycles. The van der Waals surface area contributed by atoms with Crippen molar-refractivity contribution in [2.24, 2.45) is 0 Å². The number of carbonyl (C=O) groups is 1. The van der Waals surface area contributed by atoms with Gasteiger partial charge < -0.3 is 4.74 Å². The summed E-state index contributed by atoms with van der Waals surface area (Å²) in [6.45, 7) is 2.24. The van der Waals surface area contributed by atoms with E-state index >= 15 is 0 Å². The fraction of sp³-hybridized carbons (Fsp3) is 0.632. The minimum Gasteiger partial charge on any atom is -0.369 e. The maximum atomic E-state index is 12.2. The third-order valence-electron chi connectivity index (χ3n) is 3.91. The van der Waals surface area contributed by atoms with Crippen LogP contribution in [0, 0.1) is 0 Å². The normalized spacial score (nSPS) is 12.3. The van der Waals surface area contributed by atoms with E-state index in [9.17, 15) is 4.79 Å². The number of Topliss-reactive ketones (excluding diaryl/α,β-unsaturated/α-hetero) is 1. The molecule has 2 nitrogen and oxygen atoms in total. The van der Waals surface area contributed by atoms with Gasteiger partial charge >= 0.3 is 0 Å². The molecule has 1 rings (SSSR count). The van der Waals surface area contributed by atoms with Gasteiger partial charge in [-0.3, -0.25) is 4.79 Å². The van der Waals surface area contributed by atoms with Crippen LogP contribution in [0.2, 0.25) is 0 Å². The first-order valence-corrected chi connectivity index (χ1v) is 8.40. The van der Waals surface area contributed by atoms with Crippen molar-refractivity contribution in [2.45, 2.75) is 70.8 Å². The summed E-state index contributed by atoms with van der Waals surface area (Å²) in [6.07, 6.45) is 10.3. The molecule has 1 aromatic carbocycles. The molecule has 0 saturated heterocycles. The SMILES string of the molecule is CCCCCCCCCCC(=O)C(OC)c1ccccc1. The van der Waals surface area contributed by atoms with Gasteiger partial charge in [-0.1, -0.05) is 82.2 Å². The van der Waals surface area contributed by atoms with Crippen LogP contribution in [0.5, 0.6) is 0 Å². The second-order valence-electron chi connectivity index (χ2n) is 5.72. The quantitative estimate of drug-likeness (QED) is 0.477. The lowest BCUT2D eigenvalue weighted by molar-refractivity contribution is -0.129. The molecule has 21 heavy (non-hydrogen) atoms. The monoisotopic (exact) mass is 290 g/mol. The minimum absolute atomic E-state index is 0.203. The highest BCUT2D eigenvalue weighted by Gasteiger charge is 2.18. The first-order valence-electron chi connectivity index (χ1n) is 8.40. The van der Waals surface area contributed by atoms with E-state index in [1.165, 1.54) is 38.5 Å². The lowest BCUT2D eigenvalue weighted by Crippen LogP contribution is -2.14. The van der Waals surface area contributed by atoms with Gasteiger partial charge in [-0.25, -0.2) is 0 Å². The summed E-state index contributed by atoms with van der Waals surface area (Å²) < 4.78 is 5.37. The summed E-state index contributed by atoms with van der Waals surface area (Å²) in [4.78, 5) is 12.2. The number of rotatable bonds is 12. The van der Waals surface area contributed by atoms with Gasteiger partial charge in [0.15, 0.2) is 5.78 Å². The number of methoxy groups -OCH3 is 1. The lowest BCUT2D eigenvalue weighted by atomic mass is 10.0. The van der Waals surface area contributed by atoms with Crippen molar-refractivity contribution in [3.05, 3.63) is 35.9 Å². The van der Waals surface area contributed by atoms with E-state index in [-0.39, 0.29) is 5.78 Å². The molecule has 0 heterocycles. The van der Waals surface area contributed by atoms with Crippen LogP contribution in [0.1, 0.15) is 76.4 Å². The van der Waals surface area contributed by atoms with Crippen LogP contribution < -0.4 is 0 Å². The van der Waals surface area contributed by atoms with Crippen molar-refractivity contribution in [1.29, 1.82) is 0 Å². The van der Waals surface area contributed by atoms with Crippen LogP contribution in [-0.2, 0) is 9.53 Å². The van der Waals surface area contributed by atoms with Crippen molar-refractivity contribution in [2.75, 3.05) is 7.11 Å². The third-order valence-corrected chi connectivity index (χ3v) is 3.91. The smallest absolute Gasteiger partial charge is 0.166 e. The second-order valence-corrected chi connectivity index (χ2v) is 5.72. The Hall–Kier alpha value is -1.15. The Morgan fingerprint density at radius 2 is 1.52 bits per heavy atom. The van der Waals surface area contributed by atoms with E-state index in [0.717, 1.165) is 18.4 Å². The van der Waals surface area contributed by atoms with E-state index in [2.05, 4.69) is 6.92 Å². The summed E-state index contributed by atoms with van der Waals surface area (Å²) in [5.74, 6) is 0.203. The van der Waals surface area contributed by atoms with Crippen LogP contribution in [0.4, 0.5) is 0 Å². The van der Waals surface area contributed by atoms with Gasteiger partial charge in [0.2, 0.25) is 0 Å². The second kappa shape index (κ2) is 11.5. The van der Waals surface area contributed by atoms with Gasteiger partial charge in [0.05, 0.1) is 0 Å². The maximum absolute atomic E-state index is 12.2. The number of unbranched alkanes of at least 4 members (excludes halogenated alkanes) is 7. The van der Waals surface area contributed by atoms with Gasteiger partial charge in [-0.2, -0.15) is 0 Å². The summed E-state index contributed by atoms with van der Waals surface area (Å²) in [5.41, 5.74) is 0.963. The molecule has 1 aromatic rings. The predicted octanol–water partition coefficient (Wildman–Crippen LogP) is 5.47. The van der Waals surface area contributed by atoms with Gasteiger partial charge in [-0.15, -0.1) is 0 Å². The fourth-order valence-corrected chi connectivity index (χ4v) is 2.65. The first kappa shape index (κ1) is 17.9. The molecule has 0 bridgehead atoms. The molecule has 0 aliphatic heterocycles. The highest BCUT2D eigenvalue weighted by Crippen LogP contribution is 2.20. The van der Waals surface area contributed by atoms with Crippen LogP contribution in [0.15, 0.2) is 30.3 Å². The Labute approximate surface area is 129 Å². The van der Waals surface area contributed by atoms with Gasteiger partial charge in [0.25, 0.3) is 0 Å². The molecular formula is C19H30O2. The molecule has 0 radical (unpaired) electrons. The molecule has 0 aliphatic carbocycles. The van der Waals surface area contributed by atoms with Crippen LogP contribution in [0.25, 0.3) is 0 Å². The maximum Gasteiger partial charge on any atom is 0.166 e. The average Bonchev–Trinajstić information content (AvgIpc) is 2.52.